The van der Waals surface area contributed by atoms with Crippen LogP contribution in [0.4, 0.5) is 4.39 Å². The van der Waals surface area contributed by atoms with Crippen LogP contribution in [0.3, 0.4) is 0 Å². The fourth-order valence-electron chi connectivity index (χ4n) is 3.98. The van der Waals surface area contributed by atoms with E-state index < -0.39 is 0 Å². The van der Waals surface area contributed by atoms with Gasteiger partial charge in [-0.3, -0.25) is 0 Å². The van der Waals surface area contributed by atoms with E-state index in [1.165, 1.54) is 18.2 Å². The van der Waals surface area contributed by atoms with Crippen molar-refractivity contribution in [1.82, 2.24) is 4.57 Å². The van der Waals surface area contributed by atoms with Gasteiger partial charge in [0.05, 0.1) is 0 Å². The number of rotatable bonds is 2. The molecule has 1 aromatic heterocycles. The summed E-state index contributed by atoms with van der Waals surface area (Å²) in [5, 5.41) is 20.7. The molecule has 4 aromatic rings. The Labute approximate surface area is 166 Å². The molecule has 1 aliphatic heterocycles. The molecule has 0 spiro atoms. The number of aryl methyl sites for hydroxylation is 1. The molecule has 0 aliphatic carbocycles. The molecule has 0 amide bonds. The SMILES string of the molecule is Cn1cc(/C=C2/Cc3c(O)cc(O)cc3O2)c2c(-c3ccccc3F)cccc21. The zero-order valence-electron chi connectivity index (χ0n) is 15.7. The summed E-state index contributed by atoms with van der Waals surface area (Å²) in [4.78, 5) is 0. The van der Waals surface area contributed by atoms with Crippen molar-refractivity contribution in [3.63, 3.8) is 0 Å². The van der Waals surface area contributed by atoms with Gasteiger partial charge < -0.3 is 19.5 Å². The molecule has 0 atom stereocenters. The van der Waals surface area contributed by atoms with E-state index in [9.17, 15) is 14.6 Å². The lowest BCUT2D eigenvalue weighted by atomic mass is 9.98. The first kappa shape index (κ1) is 17.4. The van der Waals surface area contributed by atoms with Gasteiger partial charge in [0.15, 0.2) is 0 Å². The maximum Gasteiger partial charge on any atom is 0.137 e. The van der Waals surface area contributed by atoms with Gasteiger partial charge in [-0.05, 0) is 23.8 Å². The monoisotopic (exact) mass is 387 g/mol. The highest BCUT2D eigenvalue weighted by atomic mass is 19.1. The first-order valence-corrected chi connectivity index (χ1v) is 9.27. The number of hydrogen-bond acceptors (Lipinski definition) is 3. The fraction of sp³-hybridized carbons (Fsp3) is 0.0833. The third kappa shape index (κ3) is 2.83. The number of benzene rings is 3. The summed E-state index contributed by atoms with van der Waals surface area (Å²) in [6.07, 6.45) is 4.30. The van der Waals surface area contributed by atoms with Crippen molar-refractivity contribution >= 4 is 17.0 Å². The van der Waals surface area contributed by atoms with Crippen LogP contribution >= 0.6 is 0 Å². The number of fused-ring (bicyclic) bond motifs is 2. The fourth-order valence-corrected chi connectivity index (χ4v) is 3.98. The van der Waals surface area contributed by atoms with Crippen molar-refractivity contribution in [2.75, 3.05) is 0 Å². The molecule has 0 bridgehead atoms. The summed E-state index contributed by atoms with van der Waals surface area (Å²) in [7, 11) is 1.95. The van der Waals surface area contributed by atoms with E-state index in [0.29, 0.717) is 29.1 Å². The molecule has 0 fully saturated rings. The molecule has 4 nitrogen and oxygen atoms in total. The van der Waals surface area contributed by atoms with Crippen LogP contribution in [0.1, 0.15) is 11.1 Å². The lowest BCUT2D eigenvalue weighted by Gasteiger charge is -2.07. The summed E-state index contributed by atoms with van der Waals surface area (Å²) >= 11 is 0. The number of phenolic OH excluding ortho intramolecular Hbond substituents is 2. The van der Waals surface area contributed by atoms with Crippen LogP contribution in [0.2, 0.25) is 0 Å². The van der Waals surface area contributed by atoms with Gasteiger partial charge >= 0.3 is 0 Å². The van der Waals surface area contributed by atoms with Crippen LogP contribution in [-0.2, 0) is 13.5 Å². The number of halogens is 1. The second-order valence-electron chi connectivity index (χ2n) is 7.21. The molecular weight excluding hydrogens is 369 g/mol. The van der Waals surface area contributed by atoms with Crippen molar-refractivity contribution in [3.8, 4) is 28.4 Å². The summed E-state index contributed by atoms with van der Waals surface area (Å²) in [6.45, 7) is 0. The van der Waals surface area contributed by atoms with Gasteiger partial charge in [-0.2, -0.15) is 0 Å². The largest absolute Gasteiger partial charge is 0.508 e. The van der Waals surface area contributed by atoms with Crippen LogP contribution in [-0.4, -0.2) is 14.8 Å². The lowest BCUT2D eigenvalue weighted by molar-refractivity contribution is 0.430. The molecule has 2 heterocycles. The van der Waals surface area contributed by atoms with Gasteiger partial charge in [0.2, 0.25) is 0 Å². The van der Waals surface area contributed by atoms with E-state index in [-0.39, 0.29) is 17.3 Å². The Morgan fingerprint density at radius 2 is 1.83 bits per heavy atom. The van der Waals surface area contributed by atoms with Gasteiger partial charge in [0.1, 0.15) is 28.8 Å². The zero-order valence-corrected chi connectivity index (χ0v) is 15.7. The summed E-state index contributed by atoms with van der Waals surface area (Å²) in [5.41, 5.74) is 3.87. The number of phenols is 2. The highest BCUT2D eigenvalue weighted by Crippen LogP contribution is 2.41. The van der Waals surface area contributed by atoms with E-state index in [1.807, 2.05) is 48.2 Å². The standard InChI is InChI=1S/C24H18FNO3/c1-26-13-14(9-16-12-19-22(28)10-15(27)11-23(19)29-16)24-18(6-4-8-21(24)26)17-5-2-3-7-20(17)25/h2-11,13,27-28H,12H2,1H3/b16-9-. The molecule has 0 saturated heterocycles. The van der Waals surface area contributed by atoms with Crippen LogP contribution in [0.25, 0.3) is 28.1 Å². The van der Waals surface area contributed by atoms with E-state index in [2.05, 4.69) is 0 Å². The topological polar surface area (TPSA) is 54.6 Å². The molecule has 5 heteroatoms. The number of hydrogen-bond donors (Lipinski definition) is 2. The van der Waals surface area contributed by atoms with Crippen LogP contribution in [0.5, 0.6) is 17.2 Å². The molecule has 2 N–H and O–H groups in total. The Balaban J connectivity index is 1.66. The minimum absolute atomic E-state index is 0.00775. The normalized spacial score (nSPS) is 14.3. The van der Waals surface area contributed by atoms with Crippen LogP contribution in [0.15, 0.2) is 66.6 Å². The lowest BCUT2D eigenvalue weighted by Crippen LogP contribution is -1.89. The highest BCUT2D eigenvalue weighted by Gasteiger charge is 2.23. The smallest absolute Gasteiger partial charge is 0.137 e. The predicted octanol–water partition coefficient (Wildman–Crippen LogP) is 5.37. The quantitative estimate of drug-likeness (QED) is 0.486. The number of ether oxygens (including phenoxy) is 1. The highest BCUT2D eigenvalue weighted by molar-refractivity contribution is 6.01. The molecule has 3 aromatic carbocycles. The Bertz CT molecular complexity index is 1300. The zero-order chi connectivity index (χ0) is 20.1. The van der Waals surface area contributed by atoms with E-state index >= 15 is 0 Å². The Morgan fingerprint density at radius 1 is 1.03 bits per heavy atom. The number of aromatic hydroxyl groups is 2. The summed E-state index contributed by atoms with van der Waals surface area (Å²) in [5.74, 6) is 0.787. The second kappa shape index (κ2) is 6.41. The minimum atomic E-state index is -0.271. The van der Waals surface area contributed by atoms with Crippen molar-refractivity contribution in [2.45, 2.75) is 6.42 Å². The minimum Gasteiger partial charge on any atom is -0.508 e. The molecule has 0 saturated carbocycles. The third-order valence-corrected chi connectivity index (χ3v) is 5.29. The van der Waals surface area contributed by atoms with Gasteiger partial charge in [-0.25, -0.2) is 4.39 Å². The maximum atomic E-state index is 14.5. The molecule has 144 valence electrons. The van der Waals surface area contributed by atoms with E-state index in [1.54, 1.807) is 12.1 Å². The summed E-state index contributed by atoms with van der Waals surface area (Å²) in [6, 6.07) is 15.4. The third-order valence-electron chi connectivity index (χ3n) is 5.29. The number of nitrogens with zero attached hydrogens (tertiary/aromatic N) is 1. The maximum absolute atomic E-state index is 14.5. The van der Waals surface area contributed by atoms with Crippen LogP contribution in [0, 0.1) is 5.82 Å². The molecule has 29 heavy (non-hydrogen) atoms. The van der Waals surface area contributed by atoms with Crippen molar-refractivity contribution < 1.29 is 19.3 Å². The first-order chi connectivity index (χ1) is 14.0. The molecule has 0 radical (unpaired) electrons. The van der Waals surface area contributed by atoms with Crippen molar-refractivity contribution in [1.29, 1.82) is 0 Å². The van der Waals surface area contributed by atoms with Crippen LogP contribution < -0.4 is 4.74 Å². The van der Waals surface area contributed by atoms with Crippen molar-refractivity contribution in [2.24, 2.45) is 7.05 Å². The number of allylic oxidation sites excluding steroid dienone is 1. The van der Waals surface area contributed by atoms with Gasteiger partial charge in [-0.15, -0.1) is 0 Å². The van der Waals surface area contributed by atoms with Gasteiger partial charge in [0.25, 0.3) is 0 Å². The molecule has 1 aliphatic rings. The Kier molecular flexibility index (Phi) is 3.84. The average Bonchev–Trinajstić information content (AvgIpc) is 3.23. The average molecular weight is 387 g/mol. The van der Waals surface area contributed by atoms with E-state index in [4.69, 9.17) is 4.74 Å². The second-order valence-corrected chi connectivity index (χ2v) is 7.21. The van der Waals surface area contributed by atoms with Crippen molar-refractivity contribution in [3.05, 3.63) is 83.5 Å². The molecular formula is C24H18FNO3. The molecule has 0 unspecified atom stereocenters. The predicted molar refractivity (Wildman–Crippen MR) is 110 cm³/mol. The molecule has 5 rings (SSSR count). The van der Waals surface area contributed by atoms with Gasteiger partial charge in [0, 0.05) is 59.4 Å². The Hall–Kier alpha value is -3.73. The summed E-state index contributed by atoms with van der Waals surface area (Å²) < 4.78 is 22.4. The number of aromatic nitrogens is 1. The first-order valence-electron chi connectivity index (χ1n) is 9.27. The van der Waals surface area contributed by atoms with Gasteiger partial charge in [-0.1, -0.05) is 30.3 Å². The Morgan fingerprint density at radius 3 is 2.66 bits per heavy atom. The van der Waals surface area contributed by atoms with E-state index in [0.717, 1.165) is 22.0 Å².